The molecule has 0 N–H and O–H groups in total. The van der Waals surface area contributed by atoms with Crippen LogP contribution in [-0.4, -0.2) is 13.7 Å². The number of benzene rings is 12. The fourth-order valence-electron chi connectivity index (χ4n) is 12.4. The van der Waals surface area contributed by atoms with E-state index in [9.17, 15) is 0 Å². The van der Waals surface area contributed by atoms with Crippen LogP contribution in [0.5, 0.6) is 0 Å². The van der Waals surface area contributed by atoms with E-state index in [1.54, 1.807) is 0 Å². The molecule has 0 atom stereocenters. The molecular weight excluding hydrogens is 953 g/mol. The number of para-hydroxylation sites is 5. The molecule has 0 aliphatic rings. The van der Waals surface area contributed by atoms with Crippen LogP contribution in [0.1, 0.15) is 0 Å². The molecule has 0 spiro atoms. The third-order valence-electron chi connectivity index (χ3n) is 15.8. The Kier molecular flexibility index (Phi) is 9.78. The van der Waals surface area contributed by atoms with Crippen molar-refractivity contribution in [3.8, 4) is 39.3 Å². The van der Waals surface area contributed by atoms with Crippen molar-refractivity contribution >= 4 is 114 Å². The van der Waals surface area contributed by atoms with E-state index >= 15 is 0 Å². The van der Waals surface area contributed by atoms with Crippen molar-refractivity contribution in [1.29, 1.82) is 0 Å². The normalized spacial score (nSPS) is 11.9. The summed E-state index contributed by atoms with van der Waals surface area (Å²) >= 11 is 1.87. The SMILES string of the molecule is c1ccc(-c2cc(N(c3ccc4c(c3)c3cc(-n5c6ccccc6c6ccccc65)ccc3n4-c3ccccc3)c3ccccc3-c3ccccc3)cc(-n3c4ccccc4c4cc5c(cc43)sc3ccccc35)c2)cc1. The molecule has 360 valence electrons. The van der Waals surface area contributed by atoms with Gasteiger partial charge in [-0.3, -0.25) is 0 Å². The fraction of sp³-hybridized carbons (Fsp3) is 0. The van der Waals surface area contributed by atoms with E-state index in [1.165, 1.54) is 74.6 Å². The van der Waals surface area contributed by atoms with Gasteiger partial charge in [0.15, 0.2) is 0 Å². The van der Waals surface area contributed by atoms with Gasteiger partial charge in [0.25, 0.3) is 0 Å². The number of fused-ring (bicyclic) bond motifs is 12. The van der Waals surface area contributed by atoms with Gasteiger partial charge >= 0.3 is 0 Å². The summed E-state index contributed by atoms with van der Waals surface area (Å²) in [7, 11) is 0. The minimum atomic E-state index is 1.05. The van der Waals surface area contributed by atoms with Gasteiger partial charge in [0, 0.05) is 86.5 Å². The second-order valence-corrected chi connectivity index (χ2v) is 21.2. The van der Waals surface area contributed by atoms with E-state index in [0.29, 0.717) is 0 Å². The molecule has 0 fully saturated rings. The highest BCUT2D eigenvalue weighted by molar-refractivity contribution is 7.25. The number of aromatic nitrogens is 3. The standard InChI is InChI=1S/C72H46N4S/c1-4-20-47(21-5-1)49-40-53(42-54(41-49)76-67-34-18-13-29-58(67)62-45-63-59-30-14-19-35-71(59)77-72(63)46-70(62)76)73(64-31-15-10-26-55(64)48-22-6-2-7-23-48)51-36-38-68-60(43-51)61-44-52(37-39-69(61)74(68)50-24-8-3-9-25-50)75-65-32-16-11-27-56(65)57-28-12-17-33-66(57)75/h1-46H. The van der Waals surface area contributed by atoms with Gasteiger partial charge in [0.1, 0.15) is 0 Å². The molecule has 4 nitrogen and oxygen atoms in total. The predicted molar refractivity (Wildman–Crippen MR) is 328 cm³/mol. The summed E-state index contributed by atoms with van der Waals surface area (Å²) in [6, 6.07) is 103. The summed E-state index contributed by atoms with van der Waals surface area (Å²) in [6.07, 6.45) is 0. The van der Waals surface area contributed by atoms with Crippen LogP contribution >= 0.6 is 11.3 Å². The van der Waals surface area contributed by atoms with Gasteiger partial charge < -0.3 is 18.6 Å². The van der Waals surface area contributed by atoms with E-state index in [-0.39, 0.29) is 0 Å². The van der Waals surface area contributed by atoms with Crippen LogP contribution < -0.4 is 4.90 Å². The Bertz CT molecular complexity index is 4930. The molecule has 77 heavy (non-hydrogen) atoms. The summed E-state index contributed by atoms with van der Waals surface area (Å²) < 4.78 is 9.94. The highest BCUT2D eigenvalue weighted by Gasteiger charge is 2.24. The Morgan fingerprint density at radius 2 is 0.766 bits per heavy atom. The maximum absolute atomic E-state index is 2.50. The number of hydrogen-bond acceptors (Lipinski definition) is 2. The molecule has 0 unspecified atom stereocenters. The van der Waals surface area contributed by atoms with Crippen LogP contribution in [-0.2, 0) is 0 Å². The molecule has 0 saturated heterocycles. The predicted octanol–water partition coefficient (Wildman–Crippen LogP) is 20.1. The molecule has 4 heterocycles. The smallest absolute Gasteiger partial charge is 0.0555 e. The molecule has 0 radical (unpaired) electrons. The molecule has 5 heteroatoms. The van der Waals surface area contributed by atoms with Crippen molar-refractivity contribution < 1.29 is 0 Å². The minimum absolute atomic E-state index is 1.05. The third-order valence-corrected chi connectivity index (χ3v) is 16.9. The lowest BCUT2D eigenvalue weighted by Crippen LogP contribution is -2.12. The maximum Gasteiger partial charge on any atom is 0.0555 e. The summed E-state index contributed by atoms with van der Waals surface area (Å²) in [6.45, 7) is 0. The molecule has 16 aromatic rings. The van der Waals surface area contributed by atoms with E-state index in [1.807, 2.05) is 11.3 Å². The van der Waals surface area contributed by atoms with Crippen LogP contribution in [0.3, 0.4) is 0 Å². The zero-order valence-corrected chi connectivity index (χ0v) is 42.6. The first-order chi connectivity index (χ1) is 38.2. The van der Waals surface area contributed by atoms with Crippen LogP contribution in [0.2, 0.25) is 0 Å². The highest BCUT2D eigenvalue weighted by atomic mass is 32.1. The van der Waals surface area contributed by atoms with Crippen molar-refractivity contribution in [2.24, 2.45) is 0 Å². The Balaban J connectivity index is 0.988. The van der Waals surface area contributed by atoms with Crippen molar-refractivity contribution in [3.05, 3.63) is 279 Å². The van der Waals surface area contributed by atoms with Crippen LogP contribution in [0, 0.1) is 0 Å². The Labute approximate surface area is 448 Å². The van der Waals surface area contributed by atoms with Crippen LogP contribution in [0.25, 0.3) is 125 Å². The second-order valence-electron chi connectivity index (χ2n) is 20.1. The zero-order chi connectivity index (χ0) is 50.6. The fourth-order valence-corrected chi connectivity index (χ4v) is 13.5. The lowest BCUT2D eigenvalue weighted by Gasteiger charge is -2.29. The summed E-state index contributed by atoms with van der Waals surface area (Å²) in [5.74, 6) is 0. The van der Waals surface area contributed by atoms with Gasteiger partial charge in [-0.1, -0.05) is 170 Å². The summed E-state index contributed by atoms with van der Waals surface area (Å²) in [5, 5.41) is 9.92. The number of hydrogen-bond donors (Lipinski definition) is 0. The van der Waals surface area contributed by atoms with Crippen molar-refractivity contribution in [1.82, 2.24) is 13.7 Å². The Morgan fingerprint density at radius 1 is 0.247 bits per heavy atom. The lowest BCUT2D eigenvalue weighted by molar-refractivity contribution is 1.16. The Morgan fingerprint density at radius 3 is 1.48 bits per heavy atom. The van der Waals surface area contributed by atoms with Gasteiger partial charge in [-0.15, -0.1) is 11.3 Å². The first kappa shape index (κ1) is 43.5. The monoisotopic (exact) mass is 998 g/mol. The number of thiophene rings is 1. The highest BCUT2D eigenvalue weighted by Crippen LogP contribution is 2.47. The molecule has 0 bridgehead atoms. The first-order valence-electron chi connectivity index (χ1n) is 26.3. The van der Waals surface area contributed by atoms with Crippen LogP contribution in [0.4, 0.5) is 17.1 Å². The van der Waals surface area contributed by atoms with Gasteiger partial charge in [0.2, 0.25) is 0 Å². The molecule has 0 aliphatic heterocycles. The van der Waals surface area contributed by atoms with Crippen molar-refractivity contribution in [3.63, 3.8) is 0 Å². The van der Waals surface area contributed by atoms with Gasteiger partial charge in [-0.25, -0.2) is 0 Å². The average Bonchev–Trinajstić information content (AvgIpc) is 4.37. The van der Waals surface area contributed by atoms with Crippen molar-refractivity contribution in [2.45, 2.75) is 0 Å². The molecular formula is C72H46N4S. The minimum Gasteiger partial charge on any atom is -0.310 e. The number of anilines is 3. The molecule has 4 aromatic heterocycles. The molecule has 0 aliphatic carbocycles. The maximum atomic E-state index is 2.50. The first-order valence-corrected chi connectivity index (χ1v) is 27.1. The van der Waals surface area contributed by atoms with Crippen LogP contribution in [0.15, 0.2) is 279 Å². The molecule has 12 aromatic carbocycles. The van der Waals surface area contributed by atoms with Crippen molar-refractivity contribution in [2.75, 3.05) is 4.90 Å². The third kappa shape index (κ3) is 6.84. The quantitative estimate of drug-likeness (QED) is 0.148. The Hall–Kier alpha value is -9.94. The van der Waals surface area contributed by atoms with E-state index in [0.717, 1.165) is 67.4 Å². The largest absolute Gasteiger partial charge is 0.310 e. The lowest BCUT2D eigenvalue weighted by atomic mass is 9.99. The summed E-state index contributed by atoms with van der Waals surface area (Å²) in [4.78, 5) is 2.50. The van der Waals surface area contributed by atoms with E-state index in [2.05, 4.69) is 298 Å². The average molecular weight is 999 g/mol. The number of rotatable bonds is 8. The van der Waals surface area contributed by atoms with E-state index < -0.39 is 0 Å². The van der Waals surface area contributed by atoms with Gasteiger partial charge in [-0.2, -0.15) is 0 Å². The second kappa shape index (κ2) is 17.3. The molecule has 16 rings (SSSR count). The zero-order valence-electron chi connectivity index (χ0n) is 41.8. The van der Waals surface area contributed by atoms with Gasteiger partial charge in [-0.05, 0) is 126 Å². The molecule has 0 saturated carbocycles. The topological polar surface area (TPSA) is 18.0 Å². The summed E-state index contributed by atoms with van der Waals surface area (Å²) in [5.41, 5.74) is 18.1. The molecule has 0 amide bonds. The number of nitrogens with zero attached hydrogens (tertiary/aromatic N) is 4. The van der Waals surface area contributed by atoms with E-state index in [4.69, 9.17) is 0 Å². The van der Waals surface area contributed by atoms with Gasteiger partial charge in [0.05, 0.1) is 38.8 Å².